The molecule has 0 saturated carbocycles. The third-order valence-electron chi connectivity index (χ3n) is 3.33. The maximum Gasteiger partial charge on any atom is 0.110 e. The van der Waals surface area contributed by atoms with Crippen LogP contribution < -0.4 is 5.32 Å². The van der Waals surface area contributed by atoms with Gasteiger partial charge < -0.3 is 9.88 Å². The second kappa shape index (κ2) is 7.25. The van der Waals surface area contributed by atoms with Crippen LogP contribution in [0, 0.1) is 0 Å². The summed E-state index contributed by atoms with van der Waals surface area (Å²) < 4.78 is 3.28. The fourth-order valence-electron chi connectivity index (χ4n) is 2.31. The van der Waals surface area contributed by atoms with Gasteiger partial charge in [-0.2, -0.15) is 0 Å². The molecule has 0 aliphatic rings. The lowest BCUT2D eigenvalue weighted by molar-refractivity contribution is 0.541. The van der Waals surface area contributed by atoms with E-state index in [2.05, 4.69) is 37.7 Å². The van der Waals surface area contributed by atoms with Gasteiger partial charge in [-0.25, -0.2) is 4.98 Å². The number of benzene rings is 1. The minimum atomic E-state index is 0.182. The Labute approximate surface area is 133 Å². The highest BCUT2D eigenvalue weighted by Gasteiger charge is 2.16. The van der Waals surface area contributed by atoms with Gasteiger partial charge >= 0.3 is 0 Å². The second-order valence-corrected chi connectivity index (χ2v) is 6.04. The number of nitrogens with zero attached hydrogens (tertiary/aromatic N) is 2. The van der Waals surface area contributed by atoms with Crippen LogP contribution in [0.4, 0.5) is 0 Å². The lowest BCUT2D eigenvalue weighted by Crippen LogP contribution is -2.21. The number of rotatable bonds is 6. The van der Waals surface area contributed by atoms with E-state index < -0.39 is 0 Å². The minimum absolute atomic E-state index is 0.182. The van der Waals surface area contributed by atoms with Gasteiger partial charge in [0.2, 0.25) is 0 Å². The Bertz CT molecular complexity index is 568. The van der Waals surface area contributed by atoms with E-state index in [9.17, 15) is 0 Å². The highest BCUT2D eigenvalue weighted by atomic mass is 79.9. The molecule has 0 saturated heterocycles. The number of hydrogen-bond acceptors (Lipinski definition) is 2. The standard InChI is InChI=1S/C15H19BrClN3/c1-3-7-20-8-6-19-15(20)10-14(18-2)12-9-11(17)4-5-13(12)16/h4-6,8-9,14,18H,3,7,10H2,1-2H3. The van der Waals surface area contributed by atoms with E-state index in [1.54, 1.807) is 0 Å². The topological polar surface area (TPSA) is 29.9 Å². The van der Waals surface area contributed by atoms with Crippen LogP contribution in [0.1, 0.15) is 30.8 Å². The minimum Gasteiger partial charge on any atom is -0.335 e. The molecule has 1 atom stereocenters. The van der Waals surface area contributed by atoms with Gasteiger partial charge in [0, 0.05) is 40.9 Å². The Hall–Kier alpha value is -0.840. The van der Waals surface area contributed by atoms with Crippen molar-refractivity contribution in [2.75, 3.05) is 7.05 Å². The lowest BCUT2D eigenvalue weighted by Gasteiger charge is -2.19. The third-order valence-corrected chi connectivity index (χ3v) is 4.29. The Morgan fingerprint density at radius 1 is 1.45 bits per heavy atom. The predicted molar refractivity (Wildman–Crippen MR) is 87.2 cm³/mol. The first kappa shape index (κ1) is 15.5. The van der Waals surface area contributed by atoms with Gasteiger partial charge in [0.05, 0.1) is 0 Å². The molecule has 1 heterocycles. The molecule has 0 aliphatic carbocycles. The zero-order valence-electron chi connectivity index (χ0n) is 11.7. The fraction of sp³-hybridized carbons (Fsp3) is 0.400. The molecular formula is C15H19BrClN3. The number of aromatic nitrogens is 2. The maximum atomic E-state index is 6.11. The SMILES string of the molecule is CCCn1ccnc1CC(NC)c1cc(Cl)ccc1Br. The highest BCUT2D eigenvalue weighted by Crippen LogP contribution is 2.28. The molecule has 108 valence electrons. The monoisotopic (exact) mass is 355 g/mol. The third kappa shape index (κ3) is 3.62. The van der Waals surface area contributed by atoms with Crippen molar-refractivity contribution in [2.24, 2.45) is 0 Å². The van der Waals surface area contributed by atoms with Crippen molar-refractivity contribution in [2.45, 2.75) is 32.4 Å². The fourth-order valence-corrected chi connectivity index (χ4v) is 3.01. The van der Waals surface area contributed by atoms with Crippen molar-refractivity contribution >= 4 is 27.5 Å². The van der Waals surface area contributed by atoms with Crippen molar-refractivity contribution in [3.05, 3.63) is 51.5 Å². The van der Waals surface area contributed by atoms with Crippen molar-refractivity contribution < 1.29 is 0 Å². The molecule has 0 radical (unpaired) electrons. The van der Waals surface area contributed by atoms with Crippen molar-refractivity contribution in [3.63, 3.8) is 0 Å². The average Bonchev–Trinajstić information content (AvgIpc) is 2.87. The van der Waals surface area contributed by atoms with E-state index in [4.69, 9.17) is 11.6 Å². The summed E-state index contributed by atoms with van der Waals surface area (Å²) in [6.45, 7) is 3.18. The summed E-state index contributed by atoms with van der Waals surface area (Å²) in [6, 6.07) is 6.06. The van der Waals surface area contributed by atoms with E-state index in [1.165, 1.54) is 0 Å². The molecule has 0 aliphatic heterocycles. The first-order valence-electron chi connectivity index (χ1n) is 6.78. The van der Waals surface area contributed by atoms with E-state index in [1.807, 2.05) is 37.6 Å². The van der Waals surface area contributed by atoms with Gasteiger partial charge in [0.1, 0.15) is 5.82 Å². The lowest BCUT2D eigenvalue weighted by atomic mass is 10.0. The van der Waals surface area contributed by atoms with Crippen LogP contribution in [-0.4, -0.2) is 16.6 Å². The van der Waals surface area contributed by atoms with E-state index in [-0.39, 0.29) is 6.04 Å². The Morgan fingerprint density at radius 3 is 2.95 bits per heavy atom. The molecule has 0 amide bonds. The summed E-state index contributed by atoms with van der Waals surface area (Å²) in [5.41, 5.74) is 1.16. The highest BCUT2D eigenvalue weighted by molar-refractivity contribution is 9.10. The van der Waals surface area contributed by atoms with Crippen LogP contribution in [0.25, 0.3) is 0 Å². The molecule has 1 aromatic heterocycles. The van der Waals surface area contributed by atoms with E-state index in [0.717, 1.165) is 40.3 Å². The summed E-state index contributed by atoms with van der Waals surface area (Å²) in [4.78, 5) is 4.47. The number of likely N-dealkylation sites (N-methyl/N-ethyl adjacent to an activating group) is 1. The van der Waals surface area contributed by atoms with Gasteiger partial charge in [-0.05, 0) is 37.2 Å². The molecule has 5 heteroatoms. The molecule has 0 fully saturated rings. The average molecular weight is 357 g/mol. The summed E-state index contributed by atoms with van der Waals surface area (Å²) in [7, 11) is 1.96. The first-order chi connectivity index (χ1) is 9.65. The zero-order chi connectivity index (χ0) is 14.5. The van der Waals surface area contributed by atoms with Crippen molar-refractivity contribution in [1.82, 2.24) is 14.9 Å². The Kier molecular flexibility index (Phi) is 5.64. The first-order valence-corrected chi connectivity index (χ1v) is 7.95. The van der Waals surface area contributed by atoms with Crippen molar-refractivity contribution in [3.8, 4) is 0 Å². The zero-order valence-corrected chi connectivity index (χ0v) is 14.1. The van der Waals surface area contributed by atoms with Crippen LogP contribution >= 0.6 is 27.5 Å². The molecule has 1 aromatic carbocycles. The predicted octanol–water partition coefficient (Wildman–Crippen LogP) is 4.21. The summed E-state index contributed by atoms with van der Waals surface area (Å²) in [6.07, 6.45) is 5.85. The van der Waals surface area contributed by atoms with Crippen molar-refractivity contribution in [1.29, 1.82) is 0 Å². The number of halogens is 2. The Morgan fingerprint density at radius 2 is 2.25 bits per heavy atom. The molecule has 20 heavy (non-hydrogen) atoms. The largest absolute Gasteiger partial charge is 0.335 e. The van der Waals surface area contributed by atoms with Gasteiger partial charge in [-0.1, -0.05) is 34.5 Å². The van der Waals surface area contributed by atoms with Gasteiger partial charge in [0.25, 0.3) is 0 Å². The molecule has 2 aromatic rings. The normalized spacial score (nSPS) is 12.6. The van der Waals surface area contributed by atoms with Crippen LogP contribution in [0.15, 0.2) is 35.1 Å². The van der Waals surface area contributed by atoms with Crippen LogP contribution in [0.2, 0.25) is 5.02 Å². The molecule has 1 N–H and O–H groups in total. The quantitative estimate of drug-likeness (QED) is 0.840. The molecule has 1 unspecified atom stereocenters. The van der Waals surface area contributed by atoms with E-state index in [0.29, 0.717) is 0 Å². The summed E-state index contributed by atoms with van der Waals surface area (Å²) in [5, 5.41) is 4.10. The van der Waals surface area contributed by atoms with Crippen LogP contribution in [-0.2, 0) is 13.0 Å². The molecule has 0 spiro atoms. The van der Waals surface area contributed by atoms with E-state index >= 15 is 0 Å². The Balaban J connectivity index is 2.24. The number of hydrogen-bond donors (Lipinski definition) is 1. The molecular weight excluding hydrogens is 338 g/mol. The number of aryl methyl sites for hydroxylation is 1. The number of nitrogens with one attached hydrogen (secondary N) is 1. The van der Waals surface area contributed by atoms with Crippen LogP contribution in [0.3, 0.4) is 0 Å². The molecule has 3 nitrogen and oxygen atoms in total. The number of imidazole rings is 1. The van der Waals surface area contributed by atoms with Crippen LogP contribution in [0.5, 0.6) is 0 Å². The van der Waals surface area contributed by atoms with Gasteiger partial charge in [0.15, 0.2) is 0 Å². The van der Waals surface area contributed by atoms with Gasteiger partial charge in [-0.3, -0.25) is 0 Å². The second-order valence-electron chi connectivity index (χ2n) is 4.75. The molecule has 0 bridgehead atoms. The summed E-state index contributed by atoms with van der Waals surface area (Å²) >= 11 is 9.71. The van der Waals surface area contributed by atoms with Gasteiger partial charge in [-0.15, -0.1) is 0 Å². The smallest absolute Gasteiger partial charge is 0.110 e. The summed E-state index contributed by atoms with van der Waals surface area (Å²) in [5.74, 6) is 1.10. The maximum absolute atomic E-state index is 6.11. The molecule has 2 rings (SSSR count).